The zero-order chi connectivity index (χ0) is 20.4. The van der Waals surface area contributed by atoms with E-state index in [1.165, 1.54) is 4.31 Å². The van der Waals surface area contributed by atoms with Crippen LogP contribution in [0.1, 0.15) is 12.8 Å². The van der Waals surface area contributed by atoms with E-state index in [1.54, 1.807) is 36.0 Å². The van der Waals surface area contributed by atoms with E-state index >= 15 is 0 Å². The normalized spacial score (nSPS) is 17.2. The highest BCUT2D eigenvalue weighted by Crippen LogP contribution is 2.36. The summed E-state index contributed by atoms with van der Waals surface area (Å²) in [5, 5.41) is 3.50. The van der Waals surface area contributed by atoms with Crippen molar-refractivity contribution in [3.05, 3.63) is 47.5 Å². The minimum atomic E-state index is -3.45. The minimum absolute atomic E-state index is 0.155. The van der Waals surface area contributed by atoms with Crippen molar-refractivity contribution in [2.75, 3.05) is 42.1 Å². The molecule has 1 saturated heterocycles. The Labute approximate surface area is 180 Å². The lowest BCUT2D eigenvalue weighted by atomic mass is 10.2. The number of amides is 1. The highest BCUT2D eigenvalue weighted by atomic mass is 35.5. The molecule has 0 bridgehead atoms. The maximum atomic E-state index is 12.6. The number of nitrogens with one attached hydrogen (secondary N) is 1. The van der Waals surface area contributed by atoms with Crippen LogP contribution in [0.15, 0.2) is 52.3 Å². The van der Waals surface area contributed by atoms with Crippen LogP contribution >= 0.6 is 23.4 Å². The molecule has 0 unspecified atom stereocenters. The Hall–Kier alpha value is -1.74. The highest BCUT2D eigenvalue weighted by Gasteiger charge is 2.27. The van der Waals surface area contributed by atoms with Crippen LogP contribution in [0.3, 0.4) is 0 Å². The average Bonchev–Trinajstić information content (AvgIpc) is 3.25. The second kappa shape index (κ2) is 8.55. The number of carbonyl (C=O) groups is 1. The standard InChI is InChI=1S/C20H22ClN3O3S2/c21-15-3-8-19-18(13-15)23(11-12-28-19)14-20(25)22-16-4-6-17(7-5-16)29(26,27)24-9-1-2-10-24/h3-8,13H,1-2,9-12,14H2,(H,22,25). The highest BCUT2D eigenvalue weighted by molar-refractivity contribution is 7.99. The fraction of sp³-hybridized carbons (Fsp3) is 0.350. The first kappa shape index (κ1) is 20.5. The summed E-state index contributed by atoms with van der Waals surface area (Å²) in [4.78, 5) is 15.9. The second-order valence-corrected chi connectivity index (χ2v) is 10.6. The predicted molar refractivity (Wildman–Crippen MR) is 117 cm³/mol. The van der Waals surface area contributed by atoms with Crippen molar-refractivity contribution in [1.82, 2.24) is 4.31 Å². The largest absolute Gasteiger partial charge is 0.360 e. The third kappa shape index (κ3) is 4.55. The summed E-state index contributed by atoms with van der Waals surface area (Å²) in [6.45, 7) is 2.11. The molecule has 0 saturated carbocycles. The van der Waals surface area contributed by atoms with E-state index in [0.717, 1.165) is 35.7 Å². The van der Waals surface area contributed by atoms with Gasteiger partial charge in [0.2, 0.25) is 15.9 Å². The van der Waals surface area contributed by atoms with Crippen molar-refractivity contribution in [1.29, 1.82) is 0 Å². The molecule has 1 fully saturated rings. The molecular formula is C20H22ClN3O3S2. The third-order valence-electron chi connectivity index (χ3n) is 5.06. The summed E-state index contributed by atoms with van der Waals surface area (Å²) >= 11 is 7.87. The molecule has 4 rings (SSSR count). The van der Waals surface area contributed by atoms with Crippen molar-refractivity contribution >= 4 is 50.7 Å². The Bertz CT molecular complexity index is 1010. The third-order valence-corrected chi connectivity index (χ3v) is 8.25. The number of sulfonamides is 1. The van der Waals surface area contributed by atoms with Crippen LogP contribution in [0.2, 0.25) is 5.02 Å². The first-order valence-electron chi connectivity index (χ1n) is 9.51. The van der Waals surface area contributed by atoms with E-state index in [4.69, 9.17) is 11.6 Å². The average molecular weight is 452 g/mol. The molecule has 154 valence electrons. The number of carbonyl (C=O) groups excluding carboxylic acids is 1. The van der Waals surface area contributed by atoms with Gasteiger partial charge in [0, 0.05) is 41.0 Å². The van der Waals surface area contributed by atoms with Gasteiger partial charge >= 0.3 is 0 Å². The van der Waals surface area contributed by atoms with Crippen molar-refractivity contribution in [2.45, 2.75) is 22.6 Å². The minimum Gasteiger partial charge on any atom is -0.360 e. The van der Waals surface area contributed by atoms with E-state index in [9.17, 15) is 13.2 Å². The lowest BCUT2D eigenvalue weighted by Gasteiger charge is -2.30. The summed E-state index contributed by atoms with van der Waals surface area (Å²) < 4.78 is 26.7. The number of fused-ring (bicyclic) bond motifs is 1. The van der Waals surface area contributed by atoms with E-state index in [2.05, 4.69) is 5.32 Å². The first-order valence-corrected chi connectivity index (χ1v) is 12.3. The molecular weight excluding hydrogens is 430 g/mol. The molecule has 0 aliphatic carbocycles. The van der Waals surface area contributed by atoms with Crippen LogP contribution in [0.4, 0.5) is 11.4 Å². The van der Waals surface area contributed by atoms with Crippen molar-refractivity contribution < 1.29 is 13.2 Å². The van der Waals surface area contributed by atoms with Crippen molar-refractivity contribution in [2.24, 2.45) is 0 Å². The number of nitrogens with zero attached hydrogens (tertiary/aromatic N) is 2. The Morgan fingerprint density at radius 3 is 2.52 bits per heavy atom. The molecule has 2 aliphatic heterocycles. The fourth-order valence-corrected chi connectivity index (χ4v) is 6.29. The van der Waals surface area contributed by atoms with Gasteiger partial charge in [0.15, 0.2) is 0 Å². The Balaban J connectivity index is 1.41. The van der Waals surface area contributed by atoms with Crippen molar-refractivity contribution in [3.8, 4) is 0 Å². The molecule has 9 heteroatoms. The fourth-order valence-electron chi connectivity index (χ4n) is 3.57. The number of benzene rings is 2. The van der Waals surface area contributed by atoms with E-state index in [0.29, 0.717) is 23.8 Å². The Morgan fingerprint density at radius 1 is 1.07 bits per heavy atom. The summed E-state index contributed by atoms with van der Waals surface area (Å²) in [5.74, 6) is 0.753. The smallest absolute Gasteiger partial charge is 0.243 e. The van der Waals surface area contributed by atoms with Crippen molar-refractivity contribution in [3.63, 3.8) is 0 Å². The summed E-state index contributed by atoms with van der Waals surface area (Å²) in [5.41, 5.74) is 1.55. The van der Waals surface area contributed by atoms with Gasteiger partial charge in [0.25, 0.3) is 0 Å². The number of thioether (sulfide) groups is 1. The van der Waals surface area contributed by atoms with Gasteiger partial charge in [-0.05, 0) is 55.3 Å². The van der Waals surface area contributed by atoms with Gasteiger partial charge < -0.3 is 10.2 Å². The van der Waals surface area contributed by atoms with Gasteiger partial charge in [-0.15, -0.1) is 11.8 Å². The molecule has 29 heavy (non-hydrogen) atoms. The molecule has 2 aliphatic rings. The van der Waals surface area contributed by atoms with Gasteiger partial charge in [-0.2, -0.15) is 4.31 Å². The predicted octanol–water partition coefficient (Wildman–Crippen LogP) is 3.68. The molecule has 0 atom stereocenters. The van der Waals surface area contributed by atoms with E-state index < -0.39 is 10.0 Å². The Kier molecular flexibility index (Phi) is 6.06. The van der Waals surface area contributed by atoms with Crippen LogP contribution in [-0.4, -0.2) is 50.6 Å². The molecule has 0 aromatic heterocycles. The van der Waals surface area contributed by atoms with Gasteiger partial charge in [0.05, 0.1) is 17.1 Å². The van der Waals surface area contributed by atoms with Gasteiger partial charge in [-0.1, -0.05) is 11.6 Å². The lowest BCUT2D eigenvalue weighted by Crippen LogP contribution is -2.36. The molecule has 0 spiro atoms. The summed E-state index contributed by atoms with van der Waals surface area (Å²) in [7, 11) is -3.45. The van der Waals surface area contributed by atoms with E-state index in [1.807, 2.05) is 23.1 Å². The SMILES string of the molecule is O=C(CN1CCSc2ccc(Cl)cc21)Nc1ccc(S(=O)(=O)N2CCCC2)cc1. The zero-order valence-electron chi connectivity index (χ0n) is 15.8. The number of anilines is 2. The molecule has 0 radical (unpaired) electrons. The van der Waals surface area contributed by atoms with Crippen LogP contribution in [-0.2, 0) is 14.8 Å². The number of hydrogen-bond donors (Lipinski definition) is 1. The maximum Gasteiger partial charge on any atom is 0.243 e. The van der Waals surface area contributed by atoms with Gasteiger partial charge in [-0.3, -0.25) is 4.79 Å². The van der Waals surface area contributed by atoms with Gasteiger partial charge in [0.1, 0.15) is 0 Å². The zero-order valence-corrected chi connectivity index (χ0v) is 18.2. The number of hydrogen-bond acceptors (Lipinski definition) is 5. The van der Waals surface area contributed by atoms with Crippen LogP contribution < -0.4 is 10.2 Å². The van der Waals surface area contributed by atoms with Gasteiger partial charge in [-0.25, -0.2) is 8.42 Å². The molecule has 2 aromatic carbocycles. The molecule has 1 N–H and O–H groups in total. The monoisotopic (exact) mass is 451 g/mol. The van der Waals surface area contributed by atoms with Crippen LogP contribution in [0.25, 0.3) is 0 Å². The quantitative estimate of drug-likeness (QED) is 0.751. The number of halogens is 1. The second-order valence-electron chi connectivity index (χ2n) is 7.07. The molecule has 1 amide bonds. The summed E-state index contributed by atoms with van der Waals surface area (Å²) in [6, 6.07) is 12.1. The molecule has 6 nitrogen and oxygen atoms in total. The lowest BCUT2D eigenvalue weighted by molar-refractivity contribution is -0.115. The van der Waals surface area contributed by atoms with Crippen LogP contribution in [0, 0.1) is 0 Å². The van der Waals surface area contributed by atoms with E-state index in [-0.39, 0.29) is 17.3 Å². The molecule has 2 heterocycles. The molecule has 2 aromatic rings. The Morgan fingerprint density at radius 2 is 1.79 bits per heavy atom. The number of rotatable bonds is 5. The topological polar surface area (TPSA) is 69.7 Å². The first-order chi connectivity index (χ1) is 13.9. The summed E-state index contributed by atoms with van der Waals surface area (Å²) in [6.07, 6.45) is 1.80. The maximum absolute atomic E-state index is 12.6. The van der Waals surface area contributed by atoms with Crippen LogP contribution in [0.5, 0.6) is 0 Å².